The largest absolute Gasteiger partial charge is 0.496 e. The molecule has 11 nitrogen and oxygen atoms in total. The van der Waals surface area contributed by atoms with Crippen molar-refractivity contribution in [2.24, 2.45) is 0 Å². The Bertz CT molecular complexity index is 1570. The molecule has 0 atom stereocenters. The molecule has 0 unspecified atom stereocenters. The molecular weight excluding hydrogens is 546 g/mol. The van der Waals surface area contributed by atoms with Gasteiger partial charge in [-0.2, -0.15) is 10.2 Å². The minimum absolute atomic E-state index is 0.00548. The number of fused-ring (bicyclic) bond motifs is 1. The summed E-state index contributed by atoms with van der Waals surface area (Å²) in [4.78, 5) is 20.5. The summed E-state index contributed by atoms with van der Waals surface area (Å²) in [5.41, 5.74) is 11.2. The van der Waals surface area contributed by atoms with Gasteiger partial charge in [-0.1, -0.05) is 13.8 Å². The number of anilines is 1. The fourth-order valence-corrected chi connectivity index (χ4v) is 6.34. The maximum absolute atomic E-state index is 14.1. The average molecular weight is 588 g/mol. The van der Waals surface area contributed by atoms with Gasteiger partial charge in [0.15, 0.2) is 5.82 Å². The first-order chi connectivity index (χ1) is 21.1. The number of carbonyl (C=O) groups excluding carboxylic acids is 1. The Hall–Kier alpha value is -3.96. The van der Waals surface area contributed by atoms with Crippen LogP contribution in [0.2, 0.25) is 0 Å². The smallest absolute Gasteiger partial charge is 0.258 e. The molecule has 3 aromatic heterocycles. The molecule has 11 heteroatoms. The van der Waals surface area contributed by atoms with Crippen LogP contribution in [0.3, 0.4) is 0 Å². The van der Waals surface area contributed by atoms with E-state index in [4.69, 9.17) is 19.9 Å². The SMILES string of the molecule is CC.COc1ccc(-c2cc(-c3ccnn3C3CCOCC3)c3c(N)ncnn23)cc1C(=O)N(C1CCOCC1)C1CC1. The second-order valence-corrected chi connectivity index (χ2v) is 11.1. The van der Waals surface area contributed by atoms with Crippen molar-refractivity contribution in [3.05, 3.63) is 48.4 Å². The van der Waals surface area contributed by atoms with Gasteiger partial charge in [0, 0.05) is 55.8 Å². The number of amides is 1. The van der Waals surface area contributed by atoms with E-state index in [1.807, 2.05) is 48.8 Å². The molecule has 3 aliphatic rings. The molecule has 7 rings (SSSR count). The first-order valence-electron chi connectivity index (χ1n) is 15.5. The second kappa shape index (κ2) is 12.7. The molecule has 5 heterocycles. The predicted octanol–water partition coefficient (Wildman–Crippen LogP) is 5.01. The molecule has 0 spiro atoms. The van der Waals surface area contributed by atoms with Gasteiger partial charge in [0.25, 0.3) is 5.91 Å². The third kappa shape index (κ3) is 5.59. The van der Waals surface area contributed by atoms with Crippen LogP contribution in [0.15, 0.2) is 42.9 Å². The number of rotatable bonds is 7. The number of carbonyl (C=O) groups is 1. The zero-order valence-corrected chi connectivity index (χ0v) is 25.2. The van der Waals surface area contributed by atoms with Crippen molar-refractivity contribution >= 4 is 17.2 Å². The van der Waals surface area contributed by atoms with Crippen LogP contribution in [0, 0.1) is 0 Å². The van der Waals surface area contributed by atoms with Gasteiger partial charge < -0.3 is 24.8 Å². The molecule has 0 radical (unpaired) electrons. The lowest BCUT2D eigenvalue weighted by Gasteiger charge is -2.35. The Balaban J connectivity index is 0.00000161. The van der Waals surface area contributed by atoms with Crippen LogP contribution in [-0.2, 0) is 9.47 Å². The number of methoxy groups -OCH3 is 1. The Morgan fingerprint density at radius 2 is 1.63 bits per heavy atom. The first-order valence-corrected chi connectivity index (χ1v) is 15.5. The Kier molecular flexibility index (Phi) is 8.62. The van der Waals surface area contributed by atoms with E-state index < -0.39 is 0 Å². The van der Waals surface area contributed by atoms with Gasteiger partial charge in [-0.15, -0.1) is 0 Å². The van der Waals surface area contributed by atoms with E-state index in [0.717, 1.165) is 61.0 Å². The van der Waals surface area contributed by atoms with Gasteiger partial charge in [0.2, 0.25) is 0 Å². The second-order valence-electron chi connectivity index (χ2n) is 11.1. The molecule has 2 saturated heterocycles. The topological polar surface area (TPSA) is 122 Å². The van der Waals surface area contributed by atoms with Crippen LogP contribution in [0.1, 0.15) is 68.8 Å². The Morgan fingerprint density at radius 3 is 2.33 bits per heavy atom. The van der Waals surface area contributed by atoms with Crippen molar-refractivity contribution in [2.75, 3.05) is 39.3 Å². The number of ether oxygens (including phenoxy) is 3. The van der Waals surface area contributed by atoms with E-state index in [-0.39, 0.29) is 24.0 Å². The van der Waals surface area contributed by atoms with Crippen LogP contribution in [0.5, 0.6) is 5.75 Å². The highest BCUT2D eigenvalue weighted by Gasteiger charge is 2.39. The van der Waals surface area contributed by atoms with Gasteiger partial charge in [0.1, 0.15) is 17.6 Å². The van der Waals surface area contributed by atoms with Crippen molar-refractivity contribution in [2.45, 2.75) is 70.5 Å². The van der Waals surface area contributed by atoms with Crippen molar-refractivity contribution < 1.29 is 19.0 Å². The molecule has 1 aliphatic carbocycles. The molecule has 4 aromatic rings. The van der Waals surface area contributed by atoms with E-state index in [2.05, 4.69) is 30.8 Å². The van der Waals surface area contributed by atoms with E-state index in [1.54, 1.807) is 7.11 Å². The molecular formula is C32H41N7O4. The fourth-order valence-electron chi connectivity index (χ4n) is 6.34. The monoisotopic (exact) mass is 587 g/mol. The number of nitrogens with two attached hydrogens (primary N) is 1. The summed E-state index contributed by atoms with van der Waals surface area (Å²) < 4.78 is 20.8. The third-order valence-corrected chi connectivity index (χ3v) is 8.55. The van der Waals surface area contributed by atoms with E-state index in [0.29, 0.717) is 49.1 Å². The van der Waals surface area contributed by atoms with Crippen LogP contribution in [0.25, 0.3) is 28.0 Å². The first kappa shape index (κ1) is 29.1. The van der Waals surface area contributed by atoms with Gasteiger partial charge in [0.05, 0.1) is 30.1 Å². The maximum atomic E-state index is 14.1. The summed E-state index contributed by atoms with van der Waals surface area (Å²) >= 11 is 0. The van der Waals surface area contributed by atoms with Gasteiger partial charge >= 0.3 is 0 Å². The van der Waals surface area contributed by atoms with Gasteiger partial charge in [-0.25, -0.2) is 9.50 Å². The maximum Gasteiger partial charge on any atom is 0.258 e. The minimum atomic E-state index is 0.00548. The number of nitrogens with zero attached hydrogens (tertiary/aromatic N) is 6. The number of aromatic nitrogens is 5. The number of nitrogen functional groups attached to an aromatic ring is 1. The van der Waals surface area contributed by atoms with E-state index >= 15 is 0 Å². The lowest BCUT2D eigenvalue weighted by Crippen LogP contribution is -2.45. The number of benzene rings is 1. The van der Waals surface area contributed by atoms with Gasteiger partial charge in [-0.05, 0) is 68.9 Å². The normalized spacial score (nSPS) is 17.8. The fraction of sp³-hybridized carbons (Fsp3) is 0.500. The Labute approximate surface area is 251 Å². The third-order valence-electron chi connectivity index (χ3n) is 8.55. The van der Waals surface area contributed by atoms with Crippen molar-refractivity contribution in [1.82, 2.24) is 29.3 Å². The van der Waals surface area contributed by atoms with Crippen molar-refractivity contribution in [1.29, 1.82) is 0 Å². The van der Waals surface area contributed by atoms with Crippen LogP contribution >= 0.6 is 0 Å². The predicted molar refractivity (Wildman–Crippen MR) is 164 cm³/mol. The Morgan fingerprint density at radius 1 is 0.930 bits per heavy atom. The molecule has 228 valence electrons. The molecule has 1 saturated carbocycles. The number of hydrogen-bond donors (Lipinski definition) is 1. The molecule has 3 fully saturated rings. The summed E-state index contributed by atoms with van der Waals surface area (Å²) in [7, 11) is 1.61. The van der Waals surface area contributed by atoms with E-state index in [1.165, 1.54) is 6.33 Å². The molecule has 1 aromatic carbocycles. The van der Waals surface area contributed by atoms with Gasteiger partial charge in [-0.3, -0.25) is 9.48 Å². The molecule has 0 bridgehead atoms. The summed E-state index contributed by atoms with van der Waals surface area (Å²) in [6.45, 7) is 6.79. The van der Waals surface area contributed by atoms with E-state index in [9.17, 15) is 4.79 Å². The summed E-state index contributed by atoms with van der Waals surface area (Å²) in [5, 5.41) is 9.27. The lowest BCUT2D eigenvalue weighted by atomic mass is 10.0. The molecule has 43 heavy (non-hydrogen) atoms. The summed E-state index contributed by atoms with van der Waals surface area (Å²) in [6, 6.07) is 10.5. The number of hydrogen-bond acceptors (Lipinski definition) is 8. The highest BCUT2D eigenvalue weighted by molar-refractivity contribution is 5.99. The highest BCUT2D eigenvalue weighted by atomic mass is 16.5. The highest BCUT2D eigenvalue weighted by Crippen LogP contribution is 2.39. The van der Waals surface area contributed by atoms with Crippen LogP contribution in [0.4, 0.5) is 5.82 Å². The average Bonchev–Trinajstić information content (AvgIpc) is 3.62. The summed E-state index contributed by atoms with van der Waals surface area (Å²) in [6.07, 6.45) is 8.86. The van der Waals surface area contributed by atoms with Crippen LogP contribution < -0.4 is 10.5 Å². The van der Waals surface area contributed by atoms with Crippen LogP contribution in [-0.4, -0.2) is 80.8 Å². The van der Waals surface area contributed by atoms with Crippen molar-refractivity contribution in [3.63, 3.8) is 0 Å². The molecule has 2 N–H and O–H groups in total. The quantitative estimate of drug-likeness (QED) is 0.320. The lowest BCUT2D eigenvalue weighted by molar-refractivity contribution is 0.0265. The van der Waals surface area contributed by atoms with Crippen molar-refractivity contribution in [3.8, 4) is 28.3 Å². The zero-order valence-electron chi connectivity index (χ0n) is 25.2. The summed E-state index contributed by atoms with van der Waals surface area (Å²) in [5.74, 6) is 0.945. The minimum Gasteiger partial charge on any atom is -0.496 e. The standard InChI is InChI=1S/C30H35N7O4.C2H6/c1-39-27-5-2-19(16-24(27)30(38)35(20-3-4-20)21-7-12-40-13-8-21)26-17-23(28-29(31)32-18-34-37(26)28)25-6-11-33-36(25)22-9-14-41-15-10-22;1-2/h2,5-6,11,16-18,20-22H,3-4,7-10,12-15H2,1H3,(H2,31,32,34);1-2H3. The molecule has 1 amide bonds. The molecule has 2 aliphatic heterocycles. The zero-order chi connectivity index (χ0) is 29.9.